The van der Waals surface area contributed by atoms with Gasteiger partial charge in [-0.3, -0.25) is 18.8 Å². The molecule has 1 fully saturated rings. The summed E-state index contributed by atoms with van der Waals surface area (Å²) in [4.78, 5) is 30.5. The van der Waals surface area contributed by atoms with E-state index in [2.05, 4.69) is 4.90 Å². The van der Waals surface area contributed by atoms with E-state index < -0.39 is 12.8 Å². The molecular weight excluding hydrogens is 509 g/mol. The Bertz CT molecular complexity index is 1380. The summed E-state index contributed by atoms with van der Waals surface area (Å²) in [6.45, 7) is 8.42. The van der Waals surface area contributed by atoms with E-state index in [-0.39, 0.29) is 29.0 Å². The summed E-state index contributed by atoms with van der Waals surface area (Å²) in [5, 5.41) is 0. The maximum absolute atomic E-state index is 13.3. The van der Waals surface area contributed by atoms with Crippen LogP contribution in [0, 0.1) is 12.3 Å². The van der Waals surface area contributed by atoms with Gasteiger partial charge in [0.2, 0.25) is 0 Å². The number of alkyl halides is 3. The van der Waals surface area contributed by atoms with Crippen LogP contribution in [0.4, 0.5) is 18.9 Å². The zero-order chi connectivity index (χ0) is 28.2. The summed E-state index contributed by atoms with van der Waals surface area (Å²) >= 11 is 0. The molecule has 0 bridgehead atoms. The minimum Gasteiger partial charge on any atom is -0.482 e. The van der Waals surface area contributed by atoms with Gasteiger partial charge in [-0.25, -0.2) is 4.79 Å². The number of hydrogen-bond donors (Lipinski definition) is 0. The van der Waals surface area contributed by atoms with Gasteiger partial charge in [0, 0.05) is 51.0 Å². The molecule has 2 aromatic carbocycles. The zero-order valence-electron chi connectivity index (χ0n) is 22.6. The van der Waals surface area contributed by atoms with Gasteiger partial charge in [0.15, 0.2) is 6.61 Å². The first-order valence-corrected chi connectivity index (χ1v) is 13.0. The maximum Gasteiger partial charge on any atom is 0.422 e. The summed E-state index contributed by atoms with van der Waals surface area (Å²) in [6, 6.07) is 16.4. The average Bonchev–Trinajstić information content (AvgIpc) is 2.89. The molecule has 3 aromatic rings. The summed E-state index contributed by atoms with van der Waals surface area (Å²) in [5.41, 5.74) is 1.15. The van der Waals surface area contributed by atoms with E-state index in [1.54, 1.807) is 42.0 Å². The summed E-state index contributed by atoms with van der Waals surface area (Å²) in [7, 11) is 0. The van der Waals surface area contributed by atoms with E-state index in [1.165, 1.54) is 4.57 Å². The lowest BCUT2D eigenvalue weighted by Crippen LogP contribution is -2.51. The van der Waals surface area contributed by atoms with E-state index >= 15 is 0 Å². The highest BCUT2D eigenvalue weighted by Crippen LogP contribution is 2.31. The Balaban J connectivity index is 1.41. The van der Waals surface area contributed by atoms with Crippen molar-refractivity contribution in [1.82, 2.24) is 14.0 Å². The first-order chi connectivity index (χ1) is 18.4. The number of para-hydroxylation sites is 2. The maximum atomic E-state index is 13.3. The molecule has 10 heteroatoms. The van der Waals surface area contributed by atoms with Crippen LogP contribution < -0.4 is 20.9 Å². The van der Waals surface area contributed by atoms with Gasteiger partial charge in [-0.15, -0.1) is 0 Å². The number of aromatic nitrogens is 2. The van der Waals surface area contributed by atoms with Crippen molar-refractivity contribution in [2.45, 2.75) is 40.0 Å². The minimum absolute atomic E-state index is 0.217. The number of hydrogen-bond acceptors (Lipinski definition) is 5. The highest BCUT2D eigenvalue weighted by Gasteiger charge is 2.30. The van der Waals surface area contributed by atoms with Crippen LogP contribution in [0.3, 0.4) is 0 Å². The van der Waals surface area contributed by atoms with Gasteiger partial charge in [0.25, 0.3) is 5.56 Å². The van der Waals surface area contributed by atoms with Crippen molar-refractivity contribution in [1.29, 1.82) is 0 Å². The Morgan fingerprint density at radius 2 is 1.51 bits per heavy atom. The predicted molar refractivity (Wildman–Crippen MR) is 146 cm³/mol. The second-order valence-electron chi connectivity index (χ2n) is 10.9. The fraction of sp³-hybridized carbons (Fsp3) is 0.448. The third kappa shape index (κ3) is 7.53. The average molecular weight is 545 g/mol. The molecule has 1 aliphatic heterocycles. The Kier molecular flexibility index (Phi) is 8.54. The smallest absolute Gasteiger partial charge is 0.422 e. The molecule has 0 spiro atoms. The quantitative estimate of drug-likeness (QED) is 0.405. The second kappa shape index (κ2) is 11.7. The summed E-state index contributed by atoms with van der Waals surface area (Å²) in [6.07, 6.45) is -2.78. The number of benzene rings is 2. The fourth-order valence-corrected chi connectivity index (χ4v) is 5.06. The first-order valence-electron chi connectivity index (χ1n) is 13.0. The Labute approximate surface area is 226 Å². The molecule has 0 unspecified atom stereocenters. The van der Waals surface area contributed by atoms with Gasteiger partial charge in [0.1, 0.15) is 5.75 Å². The molecule has 0 saturated carbocycles. The van der Waals surface area contributed by atoms with Crippen LogP contribution in [0.25, 0.3) is 0 Å². The third-order valence-corrected chi connectivity index (χ3v) is 6.81. The molecule has 2 heterocycles. The van der Waals surface area contributed by atoms with E-state index in [0.717, 1.165) is 5.56 Å². The van der Waals surface area contributed by atoms with Crippen LogP contribution in [0.1, 0.15) is 25.0 Å². The lowest BCUT2D eigenvalue weighted by Gasteiger charge is -2.40. The van der Waals surface area contributed by atoms with Gasteiger partial charge >= 0.3 is 11.9 Å². The molecule has 210 valence electrons. The molecular formula is C29H35F3N4O3. The highest BCUT2D eigenvalue weighted by molar-refractivity contribution is 5.58. The molecule has 0 aliphatic carbocycles. The number of ether oxygens (including phenoxy) is 1. The van der Waals surface area contributed by atoms with Crippen molar-refractivity contribution in [3.8, 4) is 5.75 Å². The minimum atomic E-state index is -4.40. The van der Waals surface area contributed by atoms with E-state index in [1.807, 2.05) is 49.1 Å². The predicted octanol–water partition coefficient (Wildman–Crippen LogP) is 4.16. The van der Waals surface area contributed by atoms with Crippen LogP contribution in [-0.2, 0) is 13.1 Å². The Morgan fingerprint density at radius 1 is 0.872 bits per heavy atom. The molecule has 1 saturated heterocycles. The van der Waals surface area contributed by atoms with Crippen molar-refractivity contribution >= 4 is 5.69 Å². The van der Waals surface area contributed by atoms with Gasteiger partial charge < -0.3 is 9.64 Å². The first kappa shape index (κ1) is 28.5. The van der Waals surface area contributed by atoms with Crippen LogP contribution >= 0.6 is 0 Å². The Morgan fingerprint density at radius 3 is 2.18 bits per heavy atom. The lowest BCUT2D eigenvalue weighted by atomic mass is 9.92. The lowest BCUT2D eigenvalue weighted by molar-refractivity contribution is -0.153. The number of anilines is 1. The summed E-state index contributed by atoms with van der Waals surface area (Å²) in [5.74, 6) is 0.217. The van der Waals surface area contributed by atoms with Gasteiger partial charge in [-0.05, 0) is 30.0 Å². The van der Waals surface area contributed by atoms with Crippen LogP contribution in [-0.4, -0.2) is 59.5 Å². The largest absolute Gasteiger partial charge is 0.482 e. The van der Waals surface area contributed by atoms with Crippen LogP contribution in [0.15, 0.2) is 70.4 Å². The van der Waals surface area contributed by atoms with Crippen molar-refractivity contribution in [3.05, 3.63) is 92.8 Å². The number of halogens is 3. The Hall–Kier alpha value is -3.53. The van der Waals surface area contributed by atoms with E-state index in [4.69, 9.17) is 4.74 Å². The molecule has 0 radical (unpaired) electrons. The van der Waals surface area contributed by atoms with Gasteiger partial charge in [0.05, 0.1) is 12.2 Å². The normalized spacial score (nSPS) is 15.0. The fourth-order valence-electron chi connectivity index (χ4n) is 5.06. The van der Waals surface area contributed by atoms with Crippen molar-refractivity contribution in [2.75, 3.05) is 44.2 Å². The molecule has 7 nitrogen and oxygen atoms in total. The second-order valence-corrected chi connectivity index (χ2v) is 10.9. The molecule has 0 amide bonds. The third-order valence-electron chi connectivity index (χ3n) is 6.81. The van der Waals surface area contributed by atoms with Crippen molar-refractivity contribution in [2.24, 2.45) is 5.41 Å². The van der Waals surface area contributed by atoms with E-state index in [9.17, 15) is 22.8 Å². The molecule has 4 rings (SSSR count). The molecule has 1 aromatic heterocycles. The number of aryl methyl sites for hydroxylation is 1. The highest BCUT2D eigenvalue weighted by atomic mass is 19.4. The number of piperazine rings is 1. The summed E-state index contributed by atoms with van der Waals surface area (Å²) < 4.78 is 46.0. The zero-order valence-corrected chi connectivity index (χ0v) is 22.6. The SMILES string of the molecule is Cc1cn(Cc2ccccc2)c(=O)n(CC(C)(C)CN2CCN(c3ccccc3OCC(F)(F)F)CC2)c1=O. The monoisotopic (exact) mass is 544 g/mol. The van der Waals surface area contributed by atoms with Gasteiger partial charge in [-0.1, -0.05) is 56.3 Å². The molecule has 0 atom stereocenters. The van der Waals surface area contributed by atoms with Gasteiger partial charge in [-0.2, -0.15) is 13.2 Å². The molecule has 39 heavy (non-hydrogen) atoms. The molecule has 1 aliphatic rings. The van der Waals surface area contributed by atoms with Crippen LogP contribution in [0.2, 0.25) is 0 Å². The number of nitrogens with zero attached hydrogens (tertiary/aromatic N) is 4. The standard InChI is InChI=1S/C29H35F3N4O3/c1-22-17-35(18-23-9-5-4-6-10-23)27(38)36(26(22)37)20-28(2,3)19-33-13-15-34(16-14-33)24-11-7-8-12-25(24)39-21-29(30,31)32/h4-12,17H,13-16,18-21H2,1-3H3. The van der Waals surface area contributed by atoms with E-state index in [0.29, 0.717) is 50.5 Å². The van der Waals surface area contributed by atoms with Crippen molar-refractivity contribution in [3.63, 3.8) is 0 Å². The van der Waals surface area contributed by atoms with Crippen LogP contribution in [0.5, 0.6) is 5.75 Å². The number of rotatable bonds is 9. The van der Waals surface area contributed by atoms with Crippen molar-refractivity contribution < 1.29 is 17.9 Å². The molecule has 0 N–H and O–H groups in total. The topological polar surface area (TPSA) is 59.7 Å².